The van der Waals surface area contributed by atoms with Gasteiger partial charge in [-0.3, -0.25) is 9.59 Å². The first kappa shape index (κ1) is 16.7. The highest BCUT2D eigenvalue weighted by Gasteiger charge is 2.24. The Morgan fingerprint density at radius 2 is 2.04 bits per heavy atom. The smallest absolute Gasteiger partial charge is 0.254 e. The van der Waals surface area contributed by atoms with E-state index < -0.39 is 0 Å². The molecule has 1 unspecified atom stereocenters. The summed E-state index contributed by atoms with van der Waals surface area (Å²) in [4.78, 5) is 27.1. The SMILES string of the molecule is CC(c1cc2ccccc2o1)N(C)C(=O)c1ccc2c(c1)NC(=O)CS2. The van der Waals surface area contributed by atoms with E-state index in [0.29, 0.717) is 17.0 Å². The number of para-hydroxylation sites is 1. The predicted octanol–water partition coefficient (Wildman–Crippen LogP) is 4.31. The molecule has 132 valence electrons. The fourth-order valence-electron chi connectivity index (χ4n) is 2.99. The van der Waals surface area contributed by atoms with Gasteiger partial charge in [-0.25, -0.2) is 0 Å². The standard InChI is InChI=1S/C20H18N2O3S/c1-12(17-10-13-5-3-4-6-16(13)25-17)22(2)20(24)14-7-8-18-15(9-14)21-19(23)11-26-18/h3-10,12H,11H2,1-2H3,(H,21,23). The Hall–Kier alpha value is -2.73. The van der Waals surface area contributed by atoms with Crippen LogP contribution in [-0.4, -0.2) is 29.5 Å². The highest BCUT2D eigenvalue weighted by molar-refractivity contribution is 8.00. The quantitative estimate of drug-likeness (QED) is 0.750. The van der Waals surface area contributed by atoms with E-state index in [4.69, 9.17) is 4.42 Å². The first-order valence-corrected chi connectivity index (χ1v) is 9.34. The van der Waals surface area contributed by atoms with Gasteiger partial charge in [0.25, 0.3) is 5.91 Å². The fraction of sp³-hybridized carbons (Fsp3) is 0.200. The number of fused-ring (bicyclic) bond motifs is 2. The van der Waals surface area contributed by atoms with Crippen LogP contribution in [0.4, 0.5) is 5.69 Å². The van der Waals surface area contributed by atoms with E-state index in [1.165, 1.54) is 11.8 Å². The number of nitrogens with zero attached hydrogens (tertiary/aromatic N) is 1. The number of rotatable bonds is 3. The molecule has 2 amide bonds. The predicted molar refractivity (Wildman–Crippen MR) is 103 cm³/mol. The number of nitrogens with one attached hydrogen (secondary N) is 1. The number of carbonyl (C=O) groups excluding carboxylic acids is 2. The number of anilines is 1. The Morgan fingerprint density at radius 3 is 2.85 bits per heavy atom. The van der Waals surface area contributed by atoms with Gasteiger partial charge in [-0.15, -0.1) is 11.8 Å². The van der Waals surface area contributed by atoms with Gasteiger partial charge < -0.3 is 14.6 Å². The van der Waals surface area contributed by atoms with Crippen molar-refractivity contribution in [3.63, 3.8) is 0 Å². The van der Waals surface area contributed by atoms with Crippen LogP contribution in [0.15, 0.2) is 57.8 Å². The van der Waals surface area contributed by atoms with Gasteiger partial charge >= 0.3 is 0 Å². The summed E-state index contributed by atoms with van der Waals surface area (Å²) in [7, 11) is 1.76. The molecule has 1 aliphatic rings. The Labute approximate surface area is 155 Å². The van der Waals surface area contributed by atoms with Crippen LogP contribution < -0.4 is 5.32 Å². The van der Waals surface area contributed by atoms with Crippen molar-refractivity contribution in [1.29, 1.82) is 0 Å². The number of hydrogen-bond acceptors (Lipinski definition) is 4. The molecule has 0 saturated heterocycles. The van der Waals surface area contributed by atoms with Crippen molar-refractivity contribution in [3.8, 4) is 0 Å². The molecule has 0 spiro atoms. The summed E-state index contributed by atoms with van der Waals surface area (Å²) in [5.74, 6) is 0.981. The van der Waals surface area contributed by atoms with E-state index in [-0.39, 0.29) is 17.9 Å². The molecule has 1 aliphatic heterocycles. The third-order valence-corrected chi connectivity index (χ3v) is 5.69. The molecule has 1 N–H and O–H groups in total. The first-order valence-electron chi connectivity index (χ1n) is 8.35. The molecule has 5 nitrogen and oxygen atoms in total. The van der Waals surface area contributed by atoms with E-state index in [1.807, 2.05) is 43.3 Å². The van der Waals surface area contributed by atoms with Gasteiger partial charge in [-0.05, 0) is 37.3 Å². The molecular weight excluding hydrogens is 348 g/mol. The summed E-state index contributed by atoms with van der Waals surface area (Å²) in [6.07, 6.45) is 0. The molecule has 0 saturated carbocycles. The zero-order chi connectivity index (χ0) is 18.3. The van der Waals surface area contributed by atoms with E-state index in [0.717, 1.165) is 21.6 Å². The van der Waals surface area contributed by atoms with Gasteiger partial charge in [0.15, 0.2) is 0 Å². The molecule has 0 radical (unpaired) electrons. The van der Waals surface area contributed by atoms with Crippen LogP contribution in [0.5, 0.6) is 0 Å². The Morgan fingerprint density at radius 1 is 1.23 bits per heavy atom. The lowest BCUT2D eigenvalue weighted by atomic mass is 10.1. The van der Waals surface area contributed by atoms with Crippen molar-refractivity contribution in [1.82, 2.24) is 4.90 Å². The third-order valence-electron chi connectivity index (χ3n) is 4.62. The Bertz CT molecular complexity index is 978. The zero-order valence-electron chi connectivity index (χ0n) is 14.5. The topological polar surface area (TPSA) is 62.6 Å². The number of amides is 2. The molecule has 6 heteroatoms. The van der Waals surface area contributed by atoms with E-state index in [2.05, 4.69) is 5.32 Å². The van der Waals surface area contributed by atoms with Gasteiger partial charge in [0, 0.05) is 22.9 Å². The number of benzene rings is 2. The summed E-state index contributed by atoms with van der Waals surface area (Å²) in [6, 6.07) is 15.0. The first-order chi connectivity index (χ1) is 12.5. The molecule has 26 heavy (non-hydrogen) atoms. The molecule has 2 aromatic carbocycles. The lowest BCUT2D eigenvalue weighted by Crippen LogP contribution is -2.29. The largest absolute Gasteiger partial charge is 0.459 e. The number of carbonyl (C=O) groups is 2. The molecule has 2 heterocycles. The second-order valence-corrected chi connectivity index (χ2v) is 7.34. The second kappa shape index (κ2) is 6.53. The maximum Gasteiger partial charge on any atom is 0.254 e. The highest BCUT2D eigenvalue weighted by atomic mass is 32.2. The van der Waals surface area contributed by atoms with Crippen molar-refractivity contribution in [3.05, 3.63) is 59.9 Å². The van der Waals surface area contributed by atoms with Crippen LogP contribution >= 0.6 is 11.8 Å². The number of thioether (sulfide) groups is 1. The summed E-state index contributed by atoms with van der Waals surface area (Å²) >= 11 is 1.48. The Balaban J connectivity index is 1.59. The van der Waals surface area contributed by atoms with Crippen LogP contribution in [0.2, 0.25) is 0 Å². The normalized spacial score (nSPS) is 14.6. The van der Waals surface area contributed by atoms with Crippen molar-refractivity contribution in [2.24, 2.45) is 0 Å². The average molecular weight is 366 g/mol. The van der Waals surface area contributed by atoms with Gasteiger partial charge in [0.2, 0.25) is 5.91 Å². The van der Waals surface area contributed by atoms with Crippen LogP contribution in [0, 0.1) is 0 Å². The van der Waals surface area contributed by atoms with Crippen molar-refractivity contribution >= 4 is 40.2 Å². The molecule has 0 bridgehead atoms. The van der Waals surface area contributed by atoms with Crippen LogP contribution in [0.1, 0.15) is 29.1 Å². The van der Waals surface area contributed by atoms with E-state index in [9.17, 15) is 9.59 Å². The van der Waals surface area contributed by atoms with Crippen LogP contribution in [-0.2, 0) is 4.79 Å². The zero-order valence-corrected chi connectivity index (χ0v) is 15.3. The summed E-state index contributed by atoms with van der Waals surface area (Å²) in [5.41, 5.74) is 2.04. The van der Waals surface area contributed by atoms with Crippen molar-refractivity contribution in [2.45, 2.75) is 17.9 Å². The minimum atomic E-state index is -0.213. The molecular formula is C20H18N2O3S. The molecule has 1 atom stereocenters. The molecule has 1 aromatic heterocycles. The van der Waals surface area contributed by atoms with Crippen LogP contribution in [0.3, 0.4) is 0 Å². The average Bonchev–Trinajstić information content (AvgIpc) is 3.09. The molecule has 3 aromatic rings. The Kier molecular flexibility index (Phi) is 4.20. The van der Waals surface area contributed by atoms with Gasteiger partial charge in [0.1, 0.15) is 11.3 Å². The minimum absolute atomic E-state index is 0.0453. The fourth-order valence-corrected chi connectivity index (χ4v) is 3.78. The van der Waals surface area contributed by atoms with Crippen molar-refractivity contribution in [2.75, 3.05) is 18.1 Å². The highest BCUT2D eigenvalue weighted by Crippen LogP contribution is 2.33. The van der Waals surface area contributed by atoms with E-state index in [1.54, 1.807) is 24.1 Å². The van der Waals surface area contributed by atoms with Gasteiger partial charge in [-0.1, -0.05) is 18.2 Å². The van der Waals surface area contributed by atoms with E-state index >= 15 is 0 Å². The summed E-state index contributed by atoms with van der Waals surface area (Å²) in [6.45, 7) is 1.94. The lowest BCUT2D eigenvalue weighted by molar-refractivity contribution is -0.113. The third kappa shape index (κ3) is 2.97. The lowest BCUT2D eigenvalue weighted by Gasteiger charge is -2.24. The van der Waals surface area contributed by atoms with Crippen LogP contribution in [0.25, 0.3) is 11.0 Å². The molecule has 4 rings (SSSR count). The number of hydrogen-bond donors (Lipinski definition) is 1. The summed E-state index contributed by atoms with van der Waals surface area (Å²) in [5, 5.41) is 3.84. The number of furan rings is 1. The van der Waals surface area contributed by atoms with Crippen molar-refractivity contribution < 1.29 is 14.0 Å². The second-order valence-electron chi connectivity index (χ2n) is 6.33. The maximum absolute atomic E-state index is 12.9. The monoisotopic (exact) mass is 366 g/mol. The maximum atomic E-state index is 12.9. The van der Waals surface area contributed by atoms with Gasteiger partial charge in [-0.2, -0.15) is 0 Å². The molecule has 0 aliphatic carbocycles. The summed E-state index contributed by atoms with van der Waals surface area (Å²) < 4.78 is 5.89. The molecule has 0 fully saturated rings. The van der Waals surface area contributed by atoms with Gasteiger partial charge in [0.05, 0.1) is 17.5 Å². The minimum Gasteiger partial charge on any atom is -0.459 e.